The lowest BCUT2D eigenvalue weighted by Gasteiger charge is -2.22. The number of aliphatic carboxylic acids is 1. The molecule has 21 heavy (non-hydrogen) atoms. The third kappa shape index (κ3) is 11.4. The van der Waals surface area contributed by atoms with E-state index in [2.05, 4.69) is 10.1 Å². The van der Waals surface area contributed by atoms with E-state index in [1.807, 2.05) is 0 Å². The molecule has 122 valence electrons. The second-order valence-electron chi connectivity index (χ2n) is 5.02. The highest BCUT2D eigenvalue weighted by Crippen LogP contribution is 2.26. The van der Waals surface area contributed by atoms with Crippen LogP contribution in [0, 0.1) is 0 Å². The van der Waals surface area contributed by atoms with Crippen LogP contribution in [0.15, 0.2) is 0 Å². The molecule has 0 aliphatic heterocycles. The zero-order valence-corrected chi connectivity index (χ0v) is 13.9. The van der Waals surface area contributed by atoms with Crippen molar-refractivity contribution in [2.45, 2.75) is 42.6 Å². The number of rotatable bonds is 5. The predicted octanol–water partition coefficient (Wildman–Crippen LogP) is 2.27. The van der Waals surface area contributed by atoms with Gasteiger partial charge < -0.3 is 19.9 Å². The molecule has 10 heteroatoms. The minimum absolute atomic E-state index is 0.581. The molecule has 0 aromatic carbocycles. The zero-order valence-electron chi connectivity index (χ0n) is 11.6. The number of hydrogen-bond acceptors (Lipinski definition) is 5. The normalized spacial score (nSPS) is 13.2. The monoisotopic (exact) mass is 363 g/mol. The minimum Gasteiger partial charge on any atom is -0.481 e. The Hall–Kier alpha value is -0.920. The standard InChI is InChI=1S/C11H16Cl3NO6/c1-10(2,3)21-9(19)15-6(4-7(16)17)8(18)20-5-11(12,13)14/h6H,4-5H2,1-3H3,(H,15,19)(H,16,17)/t6-/m0/s1. The molecule has 0 aliphatic rings. The molecule has 1 atom stereocenters. The van der Waals surface area contributed by atoms with Gasteiger partial charge in [0.25, 0.3) is 0 Å². The van der Waals surface area contributed by atoms with Crippen LogP contribution < -0.4 is 5.32 Å². The smallest absolute Gasteiger partial charge is 0.408 e. The molecule has 0 radical (unpaired) electrons. The number of carboxylic acid groups (broad SMARTS) is 1. The van der Waals surface area contributed by atoms with Crippen molar-refractivity contribution in [1.82, 2.24) is 5.32 Å². The van der Waals surface area contributed by atoms with E-state index in [0.717, 1.165) is 0 Å². The Morgan fingerprint density at radius 3 is 2.10 bits per heavy atom. The quantitative estimate of drug-likeness (QED) is 0.573. The maximum Gasteiger partial charge on any atom is 0.408 e. The topological polar surface area (TPSA) is 102 Å². The van der Waals surface area contributed by atoms with E-state index >= 15 is 0 Å². The van der Waals surface area contributed by atoms with Crippen LogP contribution in [-0.4, -0.2) is 45.2 Å². The van der Waals surface area contributed by atoms with Gasteiger partial charge in [0.15, 0.2) is 0 Å². The molecule has 0 rings (SSSR count). The fourth-order valence-corrected chi connectivity index (χ4v) is 1.23. The lowest BCUT2D eigenvalue weighted by Crippen LogP contribution is -2.45. The second-order valence-corrected chi connectivity index (χ2v) is 7.54. The van der Waals surface area contributed by atoms with Gasteiger partial charge in [0, 0.05) is 0 Å². The van der Waals surface area contributed by atoms with E-state index in [9.17, 15) is 14.4 Å². The van der Waals surface area contributed by atoms with Gasteiger partial charge >= 0.3 is 18.0 Å². The first-order valence-corrected chi connectivity index (χ1v) is 6.88. The number of carboxylic acids is 1. The number of alkyl carbamates (subject to hydrolysis) is 1. The van der Waals surface area contributed by atoms with Crippen LogP contribution in [0.25, 0.3) is 0 Å². The zero-order chi connectivity index (χ0) is 16.8. The van der Waals surface area contributed by atoms with Crippen LogP contribution in [0.2, 0.25) is 0 Å². The van der Waals surface area contributed by atoms with E-state index in [-0.39, 0.29) is 0 Å². The molecule has 0 aromatic rings. The fraction of sp³-hybridized carbons (Fsp3) is 0.727. The predicted molar refractivity (Wildman–Crippen MR) is 76.7 cm³/mol. The van der Waals surface area contributed by atoms with Crippen molar-refractivity contribution in [2.24, 2.45) is 0 Å². The Morgan fingerprint density at radius 2 is 1.71 bits per heavy atom. The third-order valence-corrected chi connectivity index (χ3v) is 2.06. The molecule has 0 saturated carbocycles. The highest BCUT2D eigenvalue weighted by atomic mass is 35.6. The Morgan fingerprint density at radius 1 is 1.19 bits per heavy atom. The van der Waals surface area contributed by atoms with Gasteiger partial charge in [-0.15, -0.1) is 0 Å². The van der Waals surface area contributed by atoms with Crippen molar-refractivity contribution >= 4 is 52.8 Å². The number of carbonyl (C=O) groups excluding carboxylic acids is 2. The Kier molecular flexibility index (Phi) is 7.56. The van der Waals surface area contributed by atoms with E-state index in [0.29, 0.717) is 0 Å². The Labute approximate surface area is 136 Å². The lowest BCUT2D eigenvalue weighted by molar-refractivity contribution is -0.150. The molecule has 0 heterocycles. The summed E-state index contributed by atoms with van der Waals surface area (Å²) in [7, 11) is 0. The van der Waals surface area contributed by atoms with Crippen LogP contribution >= 0.6 is 34.8 Å². The van der Waals surface area contributed by atoms with Crippen molar-refractivity contribution < 1.29 is 29.0 Å². The molecule has 0 aromatic heterocycles. The summed E-state index contributed by atoms with van der Waals surface area (Å²) in [6.07, 6.45) is -1.66. The molecule has 2 N–H and O–H groups in total. The van der Waals surface area contributed by atoms with Crippen LogP contribution in [-0.2, 0) is 19.1 Å². The lowest BCUT2D eigenvalue weighted by atomic mass is 10.2. The van der Waals surface area contributed by atoms with Crippen LogP contribution in [0.3, 0.4) is 0 Å². The summed E-state index contributed by atoms with van der Waals surface area (Å²) < 4.78 is 7.71. The molecule has 0 saturated heterocycles. The van der Waals surface area contributed by atoms with Crippen molar-refractivity contribution in [2.75, 3.05) is 6.61 Å². The summed E-state index contributed by atoms with van der Waals surface area (Å²) in [5, 5.41) is 10.8. The maximum absolute atomic E-state index is 11.7. The van der Waals surface area contributed by atoms with E-state index in [1.165, 1.54) is 0 Å². The number of nitrogens with one attached hydrogen (secondary N) is 1. The molecule has 7 nitrogen and oxygen atoms in total. The Balaban J connectivity index is 4.68. The molecule has 1 amide bonds. The molecule has 0 fully saturated rings. The highest BCUT2D eigenvalue weighted by molar-refractivity contribution is 6.67. The van der Waals surface area contributed by atoms with Crippen molar-refractivity contribution in [3.8, 4) is 0 Å². The van der Waals surface area contributed by atoms with Crippen molar-refractivity contribution in [3.63, 3.8) is 0 Å². The van der Waals surface area contributed by atoms with Crippen molar-refractivity contribution in [1.29, 1.82) is 0 Å². The first-order chi connectivity index (χ1) is 9.30. The van der Waals surface area contributed by atoms with E-state index in [1.54, 1.807) is 20.8 Å². The second kappa shape index (κ2) is 7.91. The van der Waals surface area contributed by atoms with Gasteiger partial charge in [-0.05, 0) is 20.8 Å². The number of amides is 1. The number of ether oxygens (including phenoxy) is 2. The van der Waals surface area contributed by atoms with Gasteiger partial charge in [-0.1, -0.05) is 34.8 Å². The first kappa shape index (κ1) is 20.1. The molecular weight excluding hydrogens is 348 g/mol. The summed E-state index contributed by atoms with van der Waals surface area (Å²) in [5.41, 5.74) is -0.806. The molecule has 0 unspecified atom stereocenters. The molecular formula is C11H16Cl3NO6. The average molecular weight is 365 g/mol. The summed E-state index contributed by atoms with van der Waals surface area (Å²) in [5.74, 6) is -2.36. The SMILES string of the molecule is CC(C)(C)OC(=O)N[C@@H](CC(=O)O)C(=O)OCC(Cl)(Cl)Cl. The van der Waals surface area contributed by atoms with Gasteiger partial charge in [-0.2, -0.15) is 0 Å². The van der Waals surface area contributed by atoms with Crippen molar-refractivity contribution in [3.05, 3.63) is 0 Å². The van der Waals surface area contributed by atoms with Gasteiger partial charge in [0.2, 0.25) is 3.79 Å². The summed E-state index contributed by atoms with van der Waals surface area (Å²) in [4.78, 5) is 33.9. The number of halogens is 3. The van der Waals surface area contributed by atoms with Crippen LogP contribution in [0.1, 0.15) is 27.2 Å². The third-order valence-electron chi connectivity index (χ3n) is 1.73. The summed E-state index contributed by atoms with van der Waals surface area (Å²) >= 11 is 16.2. The average Bonchev–Trinajstić information content (AvgIpc) is 2.20. The number of esters is 1. The van der Waals surface area contributed by atoms with Gasteiger partial charge in [-0.3, -0.25) is 4.79 Å². The molecule has 0 spiro atoms. The molecule has 0 bridgehead atoms. The summed E-state index contributed by atoms with van der Waals surface area (Å²) in [6.45, 7) is 4.25. The molecule has 0 aliphatic carbocycles. The van der Waals surface area contributed by atoms with Gasteiger partial charge in [0.1, 0.15) is 18.2 Å². The van der Waals surface area contributed by atoms with Gasteiger partial charge in [0.05, 0.1) is 6.42 Å². The van der Waals surface area contributed by atoms with Crippen LogP contribution in [0.4, 0.5) is 4.79 Å². The first-order valence-electron chi connectivity index (χ1n) is 5.75. The number of alkyl halides is 3. The number of hydrogen-bond donors (Lipinski definition) is 2. The number of carbonyl (C=O) groups is 3. The highest BCUT2D eigenvalue weighted by Gasteiger charge is 2.30. The largest absolute Gasteiger partial charge is 0.481 e. The maximum atomic E-state index is 11.7. The van der Waals surface area contributed by atoms with Crippen LogP contribution in [0.5, 0.6) is 0 Å². The van der Waals surface area contributed by atoms with E-state index < -0.39 is 46.5 Å². The summed E-state index contributed by atoms with van der Waals surface area (Å²) in [6, 6.07) is -1.45. The van der Waals surface area contributed by atoms with Gasteiger partial charge in [-0.25, -0.2) is 9.59 Å². The fourth-order valence-electron chi connectivity index (χ4n) is 1.07. The van der Waals surface area contributed by atoms with E-state index in [4.69, 9.17) is 44.6 Å². The Bertz CT molecular complexity index is 402. The minimum atomic E-state index is -1.84.